The molecule has 0 bridgehead atoms. The van der Waals surface area contributed by atoms with Crippen LogP contribution in [0, 0.1) is 26.7 Å². The molecule has 3 aromatic rings. The number of anilines is 1. The van der Waals surface area contributed by atoms with Crippen LogP contribution in [0.15, 0.2) is 33.2 Å². The number of nitrogens with zero attached hydrogens (tertiary/aromatic N) is 3. The normalized spacial score (nSPS) is 17.0. The van der Waals surface area contributed by atoms with Gasteiger partial charge >= 0.3 is 0 Å². The molecule has 1 aliphatic heterocycles. The van der Waals surface area contributed by atoms with Gasteiger partial charge in [0.2, 0.25) is 11.6 Å². The predicted octanol–water partition coefficient (Wildman–Crippen LogP) is 4.44. The summed E-state index contributed by atoms with van der Waals surface area (Å²) in [6, 6.07) is 8.00. The van der Waals surface area contributed by atoms with Crippen molar-refractivity contribution in [2.45, 2.75) is 40.2 Å². The molecular formula is C22H25BrN4O2. The maximum atomic E-state index is 12.8. The van der Waals surface area contributed by atoms with Crippen molar-refractivity contribution in [3.05, 3.63) is 51.4 Å². The van der Waals surface area contributed by atoms with Crippen molar-refractivity contribution in [1.82, 2.24) is 15.3 Å². The molecule has 1 amide bonds. The van der Waals surface area contributed by atoms with Crippen molar-refractivity contribution < 1.29 is 9.21 Å². The van der Waals surface area contributed by atoms with Gasteiger partial charge in [-0.25, -0.2) is 4.98 Å². The Bertz CT molecular complexity index is 1060. The number of nitrogens with one attached hydrogen (secondary N) is 1. The average Bonchev–Trinajstić information content (AvgIpc) is 2.99. The first-order chi connectivity index (χ1) is 13.9. The quantitative estimate of drug-likeness (QED) is 0.627. The number of aryl methyl sites for hydroxylation is 3. The van der Waals surface area contributed by atoms with E-state index < -0.39 is 0 Å². The van der Waals surface area contributed by atoms with Crippen LogP contribution in [-0.2, 0) is 11.3 Å². The van der Waals surface area contributed by atoms with Gasteiger partial charge in [0.15, 0.2) is 0 Å². The van der Waals surface area contributed by atoms with Crippen molar-refractivity contribution >= 4 is 38.8 Å². The number of aromatic nitrogens is 2. The highest BCUT2D eigenvalue weighted by atomic mass is 79.9. The highest BCUT2D eigenvalue weighted by molar-refractivity contribution is 9.10. The Morgan fingerprint density at radius 2 is 2.14 bits per heavy atom. The second-order valence-corrected chi connectivity index (χ2v) is 8.61. The summed E-state index contributed by atoms with van der Waals surface area (Å²) in [5.41, 5.74) is 2.78. The highest BCUT2D eigenvalue weighted by Gasteiger charge is 2.29. The first-order valence-corrected chi connectivity index (χ1v) is 10.7. The molecule has 1 atom stereocenters. The molecule has 1 aliphatic rings. The lowest BCUT2D eigenvalue weighted by atomic mass is 9.96. The van der Waals surface area contributed by atoms with Crippen LogP contribution in [0.2, 0.25) is 0 Å². The number of rotatable bonds is 4. The molecule has 1 saturated heterocycles. The Hall–Kier alpha value is -2.41. The summed E-state index contributed by atoms with van der Waals surface area (Å²) < 4.78 is 6.84. The summed E-state index contributed by atoms with van der Waals surface area (Å²) in [5.74, 6) is 2.46. The molecule has 1 unspecified atom stereocenters. The monoisotopic (exact) mass is 456 g/mol. The number of halogens is 1. The Balaban J connectivity index is 1.51. The molecule has 1 fully saturated rings. The number of amides is 1. The van der Waals surface area contributed by atoms with Gasteiger partial charge in [-0.05, 0) is 51.3 Å². The number of hydrogen-bond acceptors (Lipinski definition) is 5. The highest BCUT2D eigenvalue weighted by Crippen LogP contribution is 2.33. The third-order valence-corrected chi connectivity index (χ3v) is 6.06. The first-order valence-electron chi connectivity index (χ1n) is 9.94. The summed E-state index contributed by atoms with van der Waals surface area (Å²) in [7, 11) is 0. The Morgan fingerprint density at radius 3 is 2.93 bits per heavy atom. The smallest absolute Gasteiger partial charge is 0.231 e. The fraction of sp³-hybridized carbons (Fsp3) is 0.409. The lowest BCUT2D eigenvalue weighted by molar-refractivity contribution is -0.125. The summed E-state index contributed by atoms with van der Waals surface area (Å²) in [4.78, 5) is 24.2. The zero-order valence-corrected chi connectivity index (χ0v) is 18.5. The lowest BCUT2D eigenvalue weighted by Gasteiger charge is -2.33. The molecule has 4 rings (SSSR count). The zero-order valence-electron chi connectivity index (χ0n) is 17.0. The molecular weight excluding hydrogens is 432 g/mol. The van der Waals surface area contributed by atoms with Crippen LogP contribution in [0.1, 0.15) is 35.6 Å². The van der Waals surface area contributed by atoms with Gasteiger partial charge in [0, 0.05) is 29.7 Å². The number of carbonyl (C=O) groups excluding carboxylic acids is 1. The van der Waals surface area contributed by atoms with E-state index in [-0.39, 0.29) is 11.8 Å². The van der Waals surface area contributed by atoms with Crippen LogP contribution in [0.25, 0.3) is 11.1 Å². The maximum Gasteiger partial charge on any atom is 0.231 e. The third-order valence-electron chi connectivity index (χ3n) is 5.57. The van der Waals surface area contributed by atoms with E-state index in [1.165, 1.54) is 0 Å². The number of piperidine rings is 1. The van der Waals surface area contributed by atoms with Gasteiger partial charge in [0.25, 0.3) is 0 Å². The van der Waals surface area contributed by atoms with Crippen LogP contribution >= 0.6 is 15.9 Å². The average molecular weight is 457 g/mol. The number of benzene rings is 1. The van der Waals surface area contributed by atoms with Crippen LogP contribution in [0.3, 0.4) is 0 Å². The van der Waals surface area contributed by atoms with E-state index in [4.69, 9.17) is 9.40 Å². The van der Waals surface area contributed by atoms with Gasteiger partial charge < -0.3 is 14.6 Å². The van der Waals surface area contributed by atoms with Gasteiger partial charge in [-0.2, -0.15) is 4.98 Å². The molecule has 0 aliphatic carbocycles. The molecule has 2 aromatic heterocycles. The van der Waals surface area contributed by atoms with Gasteiger partial charge in [-0.1, -0.05) is 28.1 Å². The number of furan rings is 1. The minimum absolute atomic E-state index is 0.0606. The summed E-state index contributed by atoms with van der Waals surface area (Å²) in [6.45, 7) is 7.93. The molecule has 0 radical (unpaired) electrons. The van der Waals surface area contributed by atoms with Crippen molar-refractivity contribution in [2.24, 2.45) is 5.92 Å². The third kappa shape index (κ3) is 4.15. The molecule has 152 valence electrons. The molecule has 6 nitrogen and oxygen atoms in total. The van der Waals surface area contributed by atoms with Crippen LogP contribution in [0.5, 0.6) is 0 Å². The van der Waals surface area contributed by atoms with E-state index in [0.717, 1.165) is 52.0 Å². The summed E-state index contributed by atoms with van der Waals surface area (Å²) in [5, 5.41) is 4.06. The van der Waals surface area contributed by atoms with E-state index in [9.17, 15) is 4.79 Å². The van der Waals surface area contributed by atoms with E-state index >= 15 is 0 Å². The molecule has 29 heavy (non-hydrogen) atoms. The second-order valence-electron chi connectivity index (χ2n) is 7.69. The number of fused-ring (bicyclic) bond motifs is 1. The number of hydrogen-bond donors (Lipinski definition) is 1. The van der Waals surface area contributed by atoms with Gasteiger partial charge in [0.1, 0.15) is 17.4 Å². The fourth-order valence-corrected chi connectivity index (χ4v) is 4.37. The van der Waals surface area contributed by atoms with Crippen molar-refractivity contribution in [3.63, 3.8) is 0 Å². The molecule has 1 N–H and O–H groups in total. The van der Waals surface area contributed by atoms with Gasteiger partial charge in [0.05, 0.1) is 11.3 Å². The summed E-state index contributed by atoms with van der Waals surface area (Å²) in [6.07, 6.45) is 1.84. The molecule has 7 heteroatoms. The van der Waals surface area contributed by atoms with E-state index in [0.29, 0.717) is 24.6 Å². The molecule has 1 aromatic carbocycles. The Labute approximate surface area is 178 Å². The zero-order chi connectivity index (χ0) is 20.5. The van der Waals surface area contributed by atoms with Crippen LogP contribution in [-0.4, -0.2) is 29.0 Å². The first kappa shape index (κ1) is 19.9. The maximum absolute atomic E-state index is 12.8. The minimum Gasteiger partial charge on any atom is -0.443 e. The van der Waals surface area contributed by atoms with E-state index in [2.05, 4.69) is 31.1 Å². The molecule has 3 heterocycles. The van der Waals surface area contributed by atoms with Crippen LogP contribution in [0.4, 0.5) is 5.82 Å². The van der Waals surface area contributed by atoms with Crippen molar-refractivity contribution in [2.75, 3.05) is 18.0 Å². The topological polar surface area (TPSA) is 71.3 Å². The Kier molecular flexibility index (Phi) is 5.58. The largest absolute Gasteiger partial charge is 0.443 e. The Morgan fingerprint density at radius 1 is 1.31 bits per heavy atom. The standard InChI is InChI=1S/C22H25BrN4O2/c1-13-14(2)29-22-19(13)20(25-15(3)26-22)27-9-5-7-17(12-27)21(28)24-11-16-6-4-8-18(23)10-16/h4,6,8,10,17H,5,7,9,11-12H2,1-3H3,(H,24,28). The van der Waals surface area contributed by atoms with Gasteiger partial charge in [-0.3, -0.25) is 4.79 Å². The van der Waals surface area contributed by atoms with E-state index in [1.54, 1.807) is 0 Å². The molecule has 0 saturated carbocycles. The SMILES string of the molecule is Cc1nc(N2CCCC(C(=O)NCc3cccc(Br)c3)C2)c2c(C)c(C)oc2n1. The lowest BCUT2D eigenvalue weighted by Crippen LogP contribution is -2.43. The minimum atomic E-state index is -0.0606. The fourth-order valence-electron chi connectivity index (χ4n) is 3.93. The van der Waals surface area contributed by atoms with E-state index in [1.807, 2.05) is 45.0 Å². The second kappa shape index (κ2) is 8.14. The summed E-state index contributed by atoms with van der Waals surface area (Å²) >= 11 is 3.47. The van der Waals surface area contributed by atoms with Crippen LogP contribution < -0.4 is 10.2 Å². The molecule has 0 spiro atoms. The van der Waals surface area contributed by atoms with Crippen molar-refractivity contribution in [1.29, 1.82) is 0 Å². The van der Waals surface area contributed by atoms with Crippen molar-refractivity contribution in [3.8, 4) is 0 Å². The predicted molar refractivity (Wildman–Crippen MR) is 117 cm³/mol. The number of carbonyl (C=O) groups is 1. The van der Waals surface area contributed by atoms with Gasteiger partial charge in [-0.15, -0.1) is 0 Å².